The second-order valence-electron chi connectivity index (χ2n) is 1.71. The van der Waals surface area contributed by atoms with Crippen LogP contribution in [0.1, 0.15) is 0 Å². The Hall–Kier alpha value is -0.160. The van der Waals surface area contributed by atoms with Gasteiger partial charge in [0, 0.05) is 7.11 Å². The molecule has 1 heterocycles. The van der Waals surface area contributed by atoms with Crippen LogP contribution in [0.15, 0.2) is 0 Å². The summed E-state index contributed by atoms with van der Waals surface area (Å²) in [7, 11) is 1.68. The molecule has 1 saturated heterocycles. The van der Waals surface area contributed by atoms with Gasteiger partial charge < -0.3 is 4.74 Å². The molecule has 0 saturated carbocycles. The number of nitrogens with one attached hydrogen (secondary N) is 3. The smallest absolute Gasteiger partial charge is 0.0951 e. The van der Waals surface area contributed by atoms with Gasteiger partial charge in [-0.1, -0.05) is 0 Å². The zero-order valence-electron chi connectivity index (χ0n) is 4.90. The lowest BCUT2D eigenvalue weighted by Crippen LogP contribution is -2.37. The molecule has 48 valence electrons. The van der Waals surface area contributed by atoms with Crippen LogP contribution in [0.25, 0.3) is 0 Å². The van der Waals surface area contributed by atoms with Crippen LogP contribution in [-0.4, -0.2) is 26.6 Å². The van der Waals surface area contributed by atoms with Gasteiger partial charge in [0.2, 0.25) is 0 Å². The van der Waals surface area contributed by atoms with Crippen molar-refractivity contribution in [1.82, 2.24) is 16.2 Å². The molecule has 4 nitrogen and oxygen atoms in total. The van der Waals surface area contributed by atoms with Crippen LogP contribution in [0.5, 0.6) is 0 Å². The van der Waals surface area contributed by atoms with Gasteiger partial charge in [0.15, 0.2) is 0 Å². The molecule has 8 heavy (non-hydrogen) atoms. The average Bonchev–Trinajstić information content (AvgIpc) is 2.19. The lowest BCUT2D eigenvalue weighted by atomic mass is 10.6. The van der Waals surface area contributed by atoms with E-state index >= 15 is 0 Å². The van der Waals surface area contributed by atoms with E-state index in [0.29, 0.717) is 6.61 Å². The molecule has 0 aromatic carbocycles. The first-order valence-corrected chi connectivity index (χ1v) is 2.64. The fraction of sp³-hybridized carbons (Fsp3) is 1.00. The molecule has 1 atom stereocenters. The highest BCUT2D eigenvalue weighted by molar-refractivity contribution is 4.64. The minimum absolute atomic E-state index is 0.278. The van der Waals surface area contributed by atoms with Crippen molar-refractivity contribution in [2.24, 2.45) is 0 Å². The van der Waals surface area contributed by atoms with E-state index < -0.39 is 0 Å². The van der Waals surface area contributed by atoms with E-state index in [1.807, 2.05) is 0 Å². The molecule has 1 rings (SSSR count). The predicted molar refractivity (Wildman–Crippen MR) is 29.9 cm³/mol. The molecular weight excluding hydrogens is 106 g/mol. The maximum atomic E-state index is 4.86. The highest BCUT2D eigenvalue weighted by Gasteiger charge is 2.09. The Labute approximate surface area is 48.6 Å². The van der Waals surface area contributed by atoms with Gasteiger partial charge in [-0.3, -0.25) is 5.32 Å². The van der Waals surface area contributed by atoms with Crippen molar-refractivity contribution in [3.8, 4) is 0 Å². The standard InChI is InChI=1S/C4H11N3O/c1-8-2-4-5-3-6-7-4/h4-7H,2-3H2,1H3. The van der Waals surface area contributed by atoms with E-state index in [9.17, 15) is 0 Å². The Balaban J connectivity index is 2.06. The molecule has 3 N–H and O–H groups in total. The highest BCUT2D eigenvalue weighted by atomic mass is 16.5. The van der Waals surface area contributed by atoms with Crippen molar-refractivity contribution >= 4 is 0 Å². The van der Waals surface area contributed by atoms with Gasteiger partial charge in [0.05, 0.1) is 19.4 Å². The number of hydrazine groups is 1. The van der Waals surface area contributed by atoms with Gasteiger partial charge in [-0.05, 0) is 0 Å². The van der Waals surface area contributed by atoms with Gasteiger partial charge in [-0.15, -0.1) is 0 Å². The van der Waals surface area contributed by atoms with E-state index in [1.165, 1.54) is 0 Å². The second-order valence-corrected chi connectivity index (χ2v) is 1.71. The Kier molecular flexibility index (Phi) is 2.23. The zero-order chi connectivity index (χ0) is 5.82. The predicted octanol–water partition coefficient (Wildman–Crippen LogP) is -1.39. The normalized spacial score (nSPS) is 28.9. The van der Waals surface area contributed by atoms with E-state index in [0.717, 1.165) is 6.67 Å². The summed E-state index contributed by atoms with van der Waals surface area (Å²) in [6, 6.07) is 0. The van der Waals surface area contributed by atoms with Gasteiger partial charge in [-0.2, -0.15) is 0 Å². The third-order valence-electron chi connectivity index (χ3n) is 1.05. The lowest BCUT2D eigenvalue weighted by molar-refractivity contribution is 0.164. The third-order valence-corrected chi connectivity index (χ3v) is 1.05. The molecule has 0 bridgehead atoms. The molecule has 0 aliphatic carbocycles. The third kappa shape index (κ3) is 1.41. The van der Waals surface area contributed by atoms with Crippen LogP contribution < -0.4 is 16.2 Å². The largest absolute Gasteiger partial charge is 0.382 e. The van der Waals surface area contributed by atoms with Crippen LogP contribution in [0, 0.1) is 0 Å². The van der Waals surface area contributed by atoms with E-state index in [1.54, 1.807) is 7.11 Å². The summed E-state index contributed by atoms with van der Waals surface area (Å²) in [4.78, 5) is 0. The van der Waals surface area contributed by atoms with E-state index in [2.05, 4.69) is 16.2 Å². The first-order chi connectivity index (χ1) is 3.93. The molecule has 1 aliphatic heterocycles. The Morgan fingerprint density at radius 1 is 1.75 bits per heavy atom. The van der Waals surface area contributed by atoms with Crippen molar-refractivity contribution in [3.63, 3.8) is 0 Å². The van der Waals surface area contributed by atoms with Gasteiger partial charge in [-0.25, -0.2) is 10.9 Å². The van der Waals surface area contributed by atoms with Crippen LogP contribution in [0.4, 0.5) is 0 Å². The molecular formula is C4H11N3O. The zero-order valence-corrected chi connectivity index (χ0v) is 4.90. The maximum absolute atomic E-state index is 4.86. The fourth-order valence-corrected chi connectivity index (χ4v) is 0.667. The van der Waals surface area contributed by atoms with Crippen LogP contribution in [-0.2, 0) is 4.74 Å². The number of rotatable bonds is 2. The van der Waals surface area contributed by atoms with E-state index in [-0.39, 0.29) is 6.17 Å². The van der Waals surface area contributed by atoms with Gasteiger partial charge in [0.25, 0.3) is 0 Å². The highest BCUT2D eigenvalue weighted by Crippen LogP contribution is 1.79. The summed E-state index contributed by atoms with van der Waals surface area (Å²) in [5.41, 5.74) is 5.89. The summed E-state index contributed by atoms with van der Waals surface area (Å²) in [6.07, 6.45) is 0.278. The number of hydrogen-bond donors (Lipinski definition) is 3. The Morgan fingerprint density at radius 2 is 2.62 bits per heavy atom. The molecule has 0 aromatic rings. The van der Waals surface area contributed by atoms with Crippen molar-refractivity contribution < 1.29 is 4.74 Å². The second kappa shape index (κ2) is 2.99. The minimum Gasteiger partial charge on any atom is -0.382 e. The molecule has 0 radical (unpaired) electrons. The van der Waals surface area contributed by atoms with E-state index in [4.69, 9.17) is 4.74 Å². The van der Waals surface area contributed by atoms with Crippen molar-refractivity contribution in [3.05, 3.63) is 0 Å². The van der Waals surface area contributed by atoms with Crippen LogP contribution in [0.3, 0.4) is 0 Å². The minimum atomic E-state index is 0.278. The van der Waals surface area contributed by atoms with Gasteiger partial charge in [0.1, 0.15) is 0 Å². The van der Waals surface area contributed by atoms with Crippen LogP contribution >= 0.6 is 0 Å². The molecule has 1 aliphatic rings. The summed E-state index contributed by atoms with van der Waals surface area (Å²) in [6.45, 7) is 1.51. The lowest BCUT2D eigenvalue weighted by Gasteiger charge is -2.05. The molecule has 1 fully saturated rings. The summed E-state index contributed by atoms with van der Waals surface area (Å²) >= 11 is 0. The maximum Gasteiger partial charge on any atom is 0.0951 e. The SMILES string of the molecule is COCC1NCNN1. The summed E-state index contributed by atoms with van der Waals surface area (Å²) < 4.78 is 4.86. The van der Waals surface area contributed by atoms with Crippen molar-refractivity contribution in [1.29, 1.82) is 0 Å². The molecule has 1 unspecified atom stereocenters. The van der Waals surface area contributed by atoms with Crippen molar-refractivity contribution in [2.75, 3.05) is 20.4 Å². The quantitative estimate of drug-likeness (QED) is 0.417. The summed E-state index contributed by atoms with van der Waals surface area (Å²) in [5, 5.41) is 3.11. The first-order valence-electron chi connectivity index (χ1n) is 2.64. The van der Waals surface area contributed by atoms with Crippen molar-refractivity contribution in [2.45, 2.75) is 6.17 Å². The molecule has 0 amide bonds. The first kappa shape index (κ1) is 5.97. The number of methoxy groups -OCH3 is 1. The molecule has 0 aromatic heterocycles. The molecule has 0 spiro atoms. The topological polar surface area (TPSA) is 45.3 Å². The fourth-order valence-electron chi connectivity index (χ4n) is 0.667. The van der Waals surface area contributed by atoms with Gasteiger partial charge >= 0.3 is 0 Å². The molecule has 4 heteroatoms. The number of hydrogen-bond acceptors (Lipinski definition) is 4. The Bertz CT molecular complexity index is 62.3. The van der Waals surface area contributed by atoms with Crippen LogP contribution in [0.2, 0.25) is 0 Å². The monoisotopic (exact) mass is 117 g/mol. The Morgan fingerprint density at radius 3 is 3.12 bits per heavy atom. The average molecular weight is 117 g/mol. The summed E-state index contributed by atoms with van der Waals surface area (Å²) in [5.74, 6) is 0. The number of ether oxygens (including phenoxy) is 1.